The molecule has 0 saturated heterocycles. The first kappa shape index (κ1) is 17.9. The molecule has 0 aliphatic rings. The third-order valence-corrected chi connectivity index (χ3v) is 2.37. The van der Waals surface area contributed by atoms with Crippen molar-refractivity contribution in [2.75, 3.05) is 19.6 Å². The lowest BCUT2D eigenvalue weighted by Crippen LogP contribution is -2.41. The molecule has 0 aromatic rings. The number of hydrogen-bond donors (Lipinski definition) is 3. The van der Waals surface area contributed by atoms with E-state index in [0.717, 1.165) is 6.54 Å². The summed E-state index contributed by atoms with van der Waals surface area (Å²) in [5.41, 5.74) is 0.0650. The van der Waals surface area contributed by atoms with Crippen LogP contribution >= 0.6 is 0 Å². The molecule has 0 heterocycles. The van der Waals surface area contributed by atoms with Crippen molar-refractivity contribution >= 4 is 11.8 Å². The summed E-state index contributed by atoms with van der Waals surface area (Å²) in [5.74, 6) is 0.329. The molecule has 0 saturated carbocycles. The molecule has 0 unspecified atom stereocenters. The van der Waals surface area contributed by atoms with Gasteiger partial charge in [0.15, 0.2) is 0 Å². The predicted octanol–water partition coefficient (Wildman–Crippen LogP) is 1.04. The van der Waals surface area contributed by atoms with E-state index in [9.17, 15) is 9.59 Å². The Morgan fingerprint density at radius 2 is 1.53 bits per heavy atom. The maximum atomic E-state index is 11.5. The van der Waals surface area contributed by atoms with E-state index in [0.29, 0.717) is 31.8 Å². The molecule has 0 aromatic heterocycles. The van der Waals surface area contributed by atoms with E-state index in [4.69, 9.17) is 0 Å². The first-order valence-corrected chi connectivity index (χ1v) is 6.99. The molecular weight excluding hydrogens is 242 g/mol. The highest BCUT2D eigenvalue weighted by Gasteiger charge is 2.08. The molecule has 0 spiro atoms. The predicted molar refractivity (Wildman–Crippen MR) is 77.8 cm³/mol. The Kier molecular flexibility index (Phi) is 8.39. The molecule has 0 fully saturated rings. The summed E-state index contributed by atoms with van der Waals surface area (Å²) in [6.07, 6.45) is 0.844. The van der Waals surface area contributed by atoms with Crippen LogP contribution in [-0.2, 0) is 9.59 Å². The fraction of sp³-hybridized carbons (Fsp3) is 0.857. The van der Waals surface area contributed by atoms with Crippen LogP contribution in [0.1, 0.15) is 47.5 Å². The minimum Gasteiger partial charge on any atom is -0.356 e. The zero-order valence-corrected chi connectivity index (χ0v) is 12.9. The zero-order chi connectivity index (χ0) is 14.9. The van der Waals surface area contributed by atoms with Crippen LogP contribution in [0.25, 0.3) is 0 Å². The maximum Gasteiger partial charge on any atom is 0.221 e. The van der Waals surface area contributed by atoms with E-state index < -0.39 is 0 Å². The Morgan fingerprint density at radius 1 is 0.947 bits per heavy atom. The van der Waals surface area contributed by atoms with Gasteiger partial charge in [-0.25, -0.2) is 0 Å². The smallest absolute Gasteiger partial charge is 0.221 e. The number of rotatable bonds is 8. The fourth-order valence-electron chi connectivity index (χ4n) is 1.49. The third-order valence-electron chi connectivity index (χ3n) is 2.37. The van der Waals surface area contributed by atoms with Crippen LogP contribution in [0.3, 0.4) is 0 Å². The summed E-state index contributed by atoms with van der Waals surface area (Å²) in [6.45, 7) is 12.0. The quantitative estimate of drug-likeness (QED) is 0.578. The molecule has 0 aliphatic carbocycles. The summed E-state index contributed by atoms with van der Waals surface area (Å²) in [4.78, 5) is 22.8. The second kappa shape index (κ2) is 8.91. The largest absolute Gasteiger partial charge is 0.356 e. The summed E-state index contributed by atoms with van der Waals surface area (Å²) in [6, 6.07) is 0. The normalized spacial score (nSPS) is 11.5. The van der Waals surface area contributed by atoms with Crippen molar-refractivity contribution in [3.8, 4) is 0 Å². The molecule has 0 rings (SSSR count). The second-order valence-electron chi connectivity index (χ2n) is 6.22. The SMILES string of the molecule is CC(C)CC(=O)NCCC(=O)NCCNC(C)(C)C. The summed E-state index contributed by atoms with van der Waals surface area (Å²) < 4.78 is 0. The minimum atomic E-state index is -0.0273. The van der Waals surface area contributed by atoms with Crippen LogP contribution in [-0.4, -0.2) is 37.0 Å². The van der Waals surface area contributed by atoms with Gasteiger partial charge in [0.2, 0.25) is 11.8 Å². The summed E-state index contributed by atoms with van der Waals surface area (Å²) in [5, 5.41) is 8.85. The third kappa shape index (κ3) is 13.1. The van der Waals surface area contributed by atoms with Gasteiger partial charge in [-0.05, 0) is 26.7 Å². The number of nitrogens with one attached hydrogen (secondary N) is 3. The number of amides is 2. The molecule has 0 atom stereocenters. The first-order chi connectivity index (χ1) is 8.70. The molecule has 0 aromatic carbocycles. The Hall–Kier alpha value is -1.10. The molecular formula is C14H29N3O2. The molecule has 112 valence electrons. The van der Waals surface area contributed by atoms with Crippen molar-refractivity contribution in [1.82, 2.24) is 16.0 Å². The molecule has 0 bridgehead atoms. The van der Waals surface area contributed by atoms with Gasteiger partial charge in [-0.15, -0.1) is 0 Å². The average molecular weight is 271 g/mol. The maximum absolute atomic E-state index is 11.5. The van der Waals surface area contributed by atoms with Gasteiger partial charge in [-0.2, -0.15) is 0 Å². The molecule has 3 N–H and O–H groups in total. The molecule has 0 radical (unpaired) electrons. The highest BCUT2D eigenvalue weighted by Crippen LogP contribution is 1.98. The lowest BCUT2D eigenvalue weighted by Gasteiger charge is -2.20. The standard InChI is InChI=1S/C14H29N3O2/c1-11(2)10-13(19)15-7-6-12(18)16-8-9-17-14(3,4)5/h11,17H,6-10H2,1-5H3,(H,15,19)(H,16,18). The second-order valence-corrected chi connectivity index (χ2v) is 6.22. The van der Waals surface area contributed by atoms with Gasteiger partial charge in [0, 0.05) is 38.0 Å². The van der Waals surface area contributed by atoms with Gasteiger partial charge in [-0.1, -0.05) is 13.8 Å². The summed E-state index contributed by atoms with van der Waals surface area (Å²) in [7, 11) is 0. The number of carbonyl (C=O) groups excluding carboxylic acids is 2. The molecule has 19 heavy (non-hydrogen) atoms. The Labute approximate surface area is 116 Å². The van der Waals surface area contributed by atoms with E-state index in [2.05, 4.69) is 36.7 Å². The average Bonchev–Trinajstić information content (AvgIpc) is 2.22. The van der Waals surface area contributed by atoms with E-state index in [1.807, 2.05) is 13.8 Å². The van der Waals surface area contributed by atoms with Gasteiger partial charge in [0.25, 0.3) is 0 Å². The van der Waals surface area contributed by atoms with Gasteiger partial charge in [0.1, 0.15) is 0 Å². The van der Waals surface area contributed by atoms with E-state index in [1.165, 1.54) is 0 Å². The van der Waals surface area contributed by atoms with E-state index in [1.54, 1.807) is 0 Å². The van der Waals surface area contributed by atoms with Gasteiger partial charge < -0.3 is 16.0 Å². The lowest BCUT2D eigenvalue weighted by atomic mass is 10.1. The molecule has 2 amide bonds. The zero-order valence-electron chi connectivity index (χ0n) is 12.9. The lowest BCUT2D eigenvalue weighted by molar-refractivity contribution is -0.122. The number of carbonyl (C=O) groups is 2. The fourth-order valence-corrected chi connectivity index (χ4v) is 1.49. The van der Waals surface area contributed by atoms with Crippen LogP contribution in [0, 0.1) is 5.92 Å². The molecule has 5 heteroatoms. The Morgan fingerprint density at radius 3 is 2.05 bits per heavy atom. The van der Waals surface area contributed by atoms with E-state index in [-0.39, 0.29) is 17.4 Å². The summed E-state index contributed by atoms with van der Waals surface area (Å²) >= 11 is 0. The van der Waals surface area contributed by atoms with Crippen molar-refractivity contribution in [2.45, 2.75) is 53.0 Å². The van der Waals surface area contributed by atoms with Gasteiger partial charge in [0.05, 0.1) is 0 Å². The highest BCUT2D eigenvalue weighted by atomic mass is 16.2. The van der Waals surface area contributed by atoms with Crippen LogP contribution < -0.4 is 16.0 Å². The van der Waals surface area contributed by atoms with Gasteiger partial charge in [-0.3, -0.25) is 9.59 Å². The molecule has 5 nitrogen and oxygen atoms in total. The monoisotopic (exact) mass is 271 g/mol. The van der Waals surface area contributed by atoms with Crippen LogP contribution in [0.4, 0.5) is 0 Å². The van der Waals surface area contributed by atoms with Crippen molar-refractivity contribution in [1.29, 1.82) is 0 Å². The Bertz CT molecular complexity index is 283. The van der Waals surface area contributed by atoms with Crippen molar-refractivity contribution in [3.05, 3.63) is 0 Å². The van der Waals surface area contributed by atoms with Crippen molar-refractivity contribution in [2.24, 2.45) is 5.92 Å². The van der Waals surface area contributed by atoms with Gasteiger partial charge >= 0.3 is 0 Å². The topological polar surface area (TPSA) is 70.2 Å². The number of hydrogen-bond acceptors (Lipinski definition) is 3. The van der Waals surface area contributed by atoms with Crippen molar-refractivity contribution in [3.63, 3.8) is 0 Å². The van der Waals surface area contributed by atoms with E-state index >= 15 is 0 Å². The van der Waals surface area contributed by atoms with Crippen molar-refractivity contribution < 1.29 is 9.59 Å². The Balaban J connectivity index is 3.52. The highest BCUT2D eigenvalue weighted by molar-refractivity contribution is 5.78. The van der Waals surface area contributed by atoms with Crippen LogP contribution in [0.15, 0.2) is 0 Å². The van der Waals surface area contributed by atoms with Crippen LogP contribution in [0.2, 0.25) is 0 Å². The molecule has 0 aliphatic heterocycles. The minimum absolute atomic E-state index is 0.0113. The van der Waals surface area contributed by atoms with Crippen LogP contribution in [0.5, 0.6) is 0 Å². The first-order valence-electron chi connectivity index (χ1n) is 6.99.